The van der Waals surface area contributed by atoms with Gasteiger partial charge in [-0.2, -0.15) is 13.2 Å². The van der Waals surface area contributed by atoms with Crippen molar-refractivity contribution in [1.29, 1.82) is 0 Å². The summed E-state index contributed by atoms with van der Waals surface area (Å²) in [6, 6.07) is 4.60. The summed E-state index contributed by atoms with van der Waals surface area (Å²) >= 11 is 0. The summed E-state index contributed by atoms with van der Waals surface area (Å²) in [5.74, 6) is 0. The fourth-order valence-electron chi connectivity index (χ4n) is 1.37. The van der Waals surface area contributed by atoms with E-state index in [0.717, 1.165) is 12.1 Å². The second-order valence-electron chi connectivity index (χ2n) is 5.34. The Balaban J connectivity index is 2.79. The first kappa shape index (κ1) is 16.2. The summed E-state index contributed by atoms with van der Waals surface area (Å²) < 4.78 is 51.6. The van der Waals surface area contributed by atoms with Crippen LogP contribution in [0.4, 0.5) is 13.2 Å². The molecule has 0 radical (unpaired) electrons. The van der Waals surface area contributed by atoms with Crippen molar-refractivity contribution in [2.75, 3.05) is 0 Å². The van der Waals surface area contributed by atoms with Crippen LogP contribution in [0.2, 0.25) is 0 Å². The molecule has 1 aromatic rings. The number of nitrogens with one attached hydrogen (secondary N) is 1. The van der Waals surface area contributed by atoms with Gasteiger partial charge in [-0.25, -0.2) is 8.93 Å². The average molecular weight is 293 g/mol. The molecule has 0 aliphatic carbocycles. The lowest BCUT2D eigenvalue weighted by Gasteiger charge is -2.22. The van der Waals surface area contributed by atoms with Gasteiger partial charge in [0.1, 0.15) is 0 Å². The second kappa shape index (κ2) is 5.63. The number of rotatable bonds is 3. The number of halogens is 3. The molecule has 1 rings (SSSR count). The average Bonchev–Trinajstić information content (AvgIpc) is 2.26. The van der Waals surface area contributed by atoms with Gasteiger partial charge >= 0.3 is 6.18 Å². The quantitative estimate of drug-likeness (QED) is 0.902. The van der Waals surface area contributed by atoms with E-state index in [0.29, 0.717) is 5.56 Å². The molecule has 0 aromatic heterocycles. The Morgan fingerprint density at radius 2 is 1.58 bits per heavy atom. The molecule has 19 heavy (non-hydrogen) atoms. The molecule has 108 valence electrons. The predicted octanol–water partition coefficient (Wildman–Crippen LogP) is 3.82. The summed E-state index contributed by atoms with van der Waals surface area (Å²) in [5.41, 5.74) is -0.00834. The normalized spacial score (nSPS) is 16.2. The lowest BCUT2D eigenvalue weighted by Crippen LogP contribution is -2.34. The van der Waals surface area contributed by atoms with Gasteiger partial charge in [0.15, 0.2) is 0 Å². The van der Waals surface area contributed by atoms with E-state index in [1.54, 1.807) is 6.92 Å². The Morgan fingerprint density at radius 3 is 1.95 bits per heavy atom. The van der Waals surface area contributed by atoms with Crippen LogP contribution in [0.5, 0.6) is 0 Å². The van der Waals surface area contributed by atoms with Crippen LogP contribution >= 0.6 is 0 Å². The van der Waals surface area contributed by atoms with Crippen molar-refractivity contribution in [3.05, 3.63) is 35.4 Å². The van der Waals surface area contributed by atoms with Gasteiger partial charge in [0.05, 0.1) is 21.3 Å². The molecule has 2 nitrogen and oxygen atoms in total. The lowest BCUT2D eigenvalue weighted by atomic mass is 10.1. The fourth-order valence-corrected chi connectivity index (χ4v) is 2.18. The molecule has 0 fully saturated rings. The van der Waals surface area contributed by atoms with Gasteiger partial charge in [0, 0.05) is 6.04 Å². The lowest BCUT2D eigenvalue weighted by molar-refractivity contribution is -0.137. The Bertz CT molecular complexity index is 448. The van der Waals surface area contributed by atoms with Gasteiger partial charge in [-0.05, 0) is 45.4 Å². The third-order valence-corrected chi connectivity index (χ3v) is 4.26. The molecule has 1 aromatic carbocycles. The monoisotopic (exact) mass is 293 g/mol. The number of hydrogen-bond acceptors (Lipinski definition) is 1. The number of benzene rings is 1. The molecule has 0 saturated heterocycles. The number of alkyl halides is 3. The van der Waals surface area contributed by atoms with Crippen LogP contribution in [0.1, 0.15) is 44.9 Å². The SMILES string of the molecule is C[C@H](N[S@](=O)C(C)(C)C)c1ccc(C(F)(F)F)cc1. The predicted molar refractivity (Wildman–Crippen MR) is 70.9 cm³/mol. The van der Waals surface area contributed by atoms with E-state index in [-0.39, 0.29) is 6.04 Å². The zero-order valence-electron chi connectivity index (χ0n) is 11.3. The first-order valence-electron chi connectivity index (χ1n) is 5.87. The summed E-state index contributed by atoms with van der Waals surface area (Å²) in [6.45, 7) is 7.26. The maximum Gasteiger partial charge on any atom is 0.416 e. The van der Waals surface area contributed by atoms with Crippen molar-refractivity contribution in [3.8, 4) is 0 Å². The highest BCUT2D eigenvalue weighted by atomic mass is 32.2. The Kier molecular flexibility index (Phi) is 4.79. The largest absolute Gasteiger partial charge is 0.416 e. The molecule has 0 heterocycles. The van der Waals surface area contributed by atoms with Crippen LogP contribution in [0.3, 0.4) is 0 Å². The van der Waals surface area contributed by atoms with Crippen molar-refractivity contribution in [3.63, 3.8) is 0 Å². The van der Waals surface area contributed by atoms with Gasteiger partial charge in [0.25, 0.3) is 0 Å². The van der Waals surface area contributed by atoms with Crippen molar-refractivity contribution in [2.24, 2.45) is 0 Å². The van der Waals surface area contributed by atoms with Crippen LogP contribution in [0.25, 0.3) is 0 Å². The molecule has 0 unspecified atom stereocenters. The van der Waals surface area contributed by atoms with E-state index in [1.807, 2.05) is 20.8 Å². The molecule has 0 aliphatic rings. The van der Waals surface area contributed by atoms with E-state index < -0.39 is 27.5 Å². The highest BCUT2D eigenvalue weighted by molar-refractivity contribution is 7.84. The fraction of sp³-hybridized carbons (Fsp3) is 0.538. The summed E-state index contributed by atoms with van der Waals surface area (Å²) in [7, 11) is -1.26. The topological polar surface area (TPSA) is 29.1 Å². The second-order valence-corrected chi connectivity index (χ2v) is 7.34. The molecule has 2 atom stereocenters. The highest BCUT2D eigenvalue weighted by Crippen LogP contribution is 2.30. The minimum absolute atomic E-state index is 0.276. The molecule has 0 aliphatic heterocycles. The van der Waals surface area contributed by atoms with Crippen LogP contribution in [-0.4, -0.2) is 8.96 Å². The van der Waals surface area contributed by atoms with Crippen molar-refractivity contribution in [1.82, 2.24) is 4.72 Å². The van der Waals surface area contributed by atoms with Crippen molar-refractivity contribution < 1.29 is 17.4 Å². The van der Waals surface area contributed by atoms with E-state index in [4.69, 9.17) is 0 Å². The summed E-state index contributed by atoms with van der Waals surface area (Å²) in [5, 5.41) is 0. The molecular weight excluding hydrogens is 275 g/mol. The Labute approximate surface area is 114 Å². The molecule has 0 spiro atoms. The van der Waals surface area contributed by atoms with Crippen LogP contribution in [0, 0.1) is 0 Å². The summed E-state index contributed by atoms with van der Waals surface area (Å²) in [4.78, 5) is 0. The maximum atomic E-state index is 12.4. The van der Waals surface area contributed by atoms with Gasteiger partial charge in [-0.15, -0.1) is 0 Å². The molecule has 6 heteroatoms. The van der Waals surface area contributed by atoms with Gasteiger partial charge in [-0.3, -0.25) is 0 Å². The van der Waals surface area contributed by atoms with E-state index in [2.05, 4.69) is 4.72 Å². The Morgan fingerprint density at radius 1 is 1.11 bits per heavy atom. The molecular formula is C13H18F3NOS. The minimum atomic E-state index is -4.33. The van der Waals surface area contributed by atoms with Gasteiger partial charge in [0.2, 0.25) is 0 Å². The minimum Gasteiger partial charge on any atom is -0.242 e. The number of hydrogen-bond donors (Lipinski definition) is 1. The third-order valence-electron chi connectivity index (χ3n) is 2.58. The highest BCUT2D eigenvalue weighted by Gasteiger charge is 2.30. The zero-order valence-corrected chi connectivity index (χ0v) is 12.2. The third kappa shape index (κ3) is 4.62. The van der Waals surface area contributed by atoms with Crippen LogP contribution in [-0.2, 0) is 17.2 Å². The van der Waals surface area contributed by atoms with Crippen LogP contribution < -0.4 is 4.72 Å². The van der Waals surface area contributed by atoms with Gasteiger partial charge < -0.3 is 0 Å². The molecule has 0 saturated carbocycles. The smallest absolute Gasteiger partial charge is 0.242 e. The van der Waals surface area contributed by atoms with Crippen molar-refractivity contribution >= 4 is 11.0 Å². The van der Waals surface area contributed by atoms with Crippen molar-refractivity contribution in [2.45, 2.75) is 44.7 Å². The first-order chi connectivity index (χ1) is 8.51. The van der Waals surface area contributed by atoms with E-state index in [9.17, 15) is 17.4 Å². The van der Waals surface area contributed by atoms with Crippen LogP contribution in [0.15, 0.2) is 24.3 Å². The maximum absolute atomic E-state index is 12.4. The van der Waals surface area contributed by atoms with Gasteiger partial charge in [-0.1, -0.05) is 12.1 Å². The summed E-state index contributed by atoms with van der Waals surface area (Å²) in [6.07, 6.45) is -4.33. The Hall–Kier alpha value is -0.880. The standard InChI is InChI=1S/C13H18F3NOS/c1-9(17-19(18)12(2,3)4)10-5-7-11(8-6-10)13(14,15)16/h5-9,17H,1-4H3/t9-,19+/m0/s1. The zero-order chi connectivity index (χ0) is 14.8. The van der Waals surface area contributed by atoms with E-state index in [1.165, 1.54) is 12.1 Å². The first-order valence-corrected chi connectivity index (χ1v) is 7.02. The molecule has 0 amide bonds. The molecule has 1 N–H and O–H groups in total. The molecule has 0 bridgehead atoms. The van der Waals surface area contributed by atoms with E-state index >= 15 is 0 Å².